The summed E-state index contributed by atoms with van der Waals surface area (Å²) in [6.07, 6.45) is 3.95. The van der Waals surface area contributed by atoms with Crippen molar-refractivity contribution in [1.29, 1.82) is 0 Å². The van der Waals surface area contributed by atoms with Gasteiger partial charge in [-0.3, -0.25) is 9.59 Å². The van der Waals surface area contributed by atoms with Crippen LogP contribution in [0.25, 0.3) is 0 Å². The second-order valence-corrected chi connectivity index (χ2v) is 6.21. The van der Waals surface area contributed by atoms with Gasteiger partial charge in [0, 0.05) is 24.6 Å². The van der Waals surface area contributed by atoms with Gasteiger partial charge in [0.2, 0.25) is 5.91 Å². The molecule has 1 aromatic rings. The predicted octanol–water partition coefficient (Wildman–Crippen LogP) is 2.24. The lowest BCUT2D eigenvalue weighted by atomic mass is 9.95. The number of halogens is 1. The molecule has 0 aromatic heterocycles. The number of nitrogens with two attached hydrogens (primary N) is 1. The summed E-state index contributed by atoms with van der Waals surface area (Å²) in [6, 6.07) is 7.39. The van der Waals surface area contributed by atoms with Crippen molar-refractivity contribution >= 4 is 24.2 Å². The van der Waals surface area contributed by atoms with Crippen molar-refractivity contribution in [2.75, 3.05) is 13.1 Å². The zero-order valence-corrected chi connectivity index (χ0v) is 15.0. The SMILES string of the molecule is CCCNC(=O)c1cccc(CNC(=O)[C@@H]2CCC[C@@H]2CN)c1.Cl. The molecule has 5 nitrogen and oxygen atoms in total. The Hall–Kier alpha value is -1.59. The molecule has 1 aliphatic carbocycles. The second kappa shape index (κ2) is 10.3. The Kier molecular flexibility index (Phi) is 8.79. The molecule has 0 heterocycles. The summed E-state index contributed by atoms with van der Waals surface area (Å²) < 4.78 is 0. The molecule has 2 atom stereocenters. The average Bonchev–Trinajstić information content (AvgIpc) is 3.06. The summed E-state index contributed by atoms with van der Waals surface area (Å²) in [4.78, 5) is 24.3. The summed E-state index contributed by atoms with van der Waals surface area (Å²) in [6.45, 7) is 3.71. The van der Waals surface area contributed by atoms with Gasteiger partial charge in [0.15, 0.2) is 0 Å². The van der Waals surface area contributed by atoms with Crippen LogP contribution in [0.15, 0.2) is 24.3 Å². The molecule has 0 radical (unpaired) electrons. The van der Waals surface area contributed by atoms with Crippen molar-refractivity contribution in [3.63, 3.8) is 0 Å². The molecule has 0 bridgehead atoms. The highest BCUT2D eigenvalue weighted by Gasteiger charge is 2.31. The molecule has 0 saturated heterocycles. The monoisotopic (exact) mass is 353 g/mol. The maximum Gasteiger partial charge on any atom is 0.251 e. The lowest BCUT2D eigenvalue weighted by molar-refractivity contribution is -0.126. The number of amides is 2. The zero-order valence-electron chi connectivity index (χ0n) is 14.2. The number of benzene rings is 1. The number of carbonyl (C=O) groups excluding carboxylic acids is 2. The maximum atomic E-state index is 12.3. The molecule has 24 heavy (non-hydrogen) atoms. The molecule has 0 spiro atoms. The minimum atomic E-state index is -0.0704. The van der Waals surface area contributed by atoms with E-state index >= 15 is 0 Å². The maximum absolute atomic E-state index is 12.3. The third-order valence-electron chi connectivity index (χ3n) is 4.49. The van der Waals surface area contributed by atoms with Gasteiger partial charge in [-0.1, -0.05) is 25.5 Å². The van der Waals surface area contributed by atoms with Gasteiger partial charge in [0.25, 0.3) is 5.91 Å². The standard InChI is InChI=1S/C18H27N3O2.ClH/c1-2-9-20-17(22)14-6-3-5-13(10-14)12-21-18(23)16-8-4-7-15(16)11-19;/h3,5-6,10,15-16H,2,4,7-9,11-12,19H2,1H3,(H,20,22)(H,21,23);1H/t15-,16-;/m1./s1. The van der Waals surface area contributed by atoms with Crippen LogP contribution in [0, 0.1) is 11.8 Å². The minimum absolute atomic E-state index is 0. The molecule has 2 rings (SSSR count). The van der Waals surface area contributed by atoms with Gasteiger partial charge in [0.1, 0.15) is 0 Å². The first kappa shape index (κ1) is 20.5. The molecular formula is C18H28ClN3O2. The predicted molar refractivity (Wildman–Crippen MR) is 98.0 cm³/mol. The van der Waals surface area contributed by atoms with E-state index in [2.05, 4.69) is 10.6 Å². The minimum Gasteiger partial charge on any atom is -0.352 e. The third kappa shape index (κ3) is 5.49. The van der Waals surface area contributed by atoms with E-state index in [1.165, 1.54) is 0 Å². The largest absolute Gasteiger partial charge is 0.352 e. The molecule has 0 unspecified atom stereocenters. The smallest absolute Gasteiger partial charge is 0.251 e. The summed E-state index contributed by atoms with van der Waals surface area (Å²) in [5.74, 6) is 0.356. The van der Waals surface area contributed by atoms with Crippen LogP contribution in [0.2, 0.25) is 0 Å². The van der Waals surface area contributed by atoms with E-state index in [0.29, 0.717) is 31.1 Å². The Morgan fingerprint density at radius 3 is 2.75 bits per heavy atom. The first-order valence-corrected chi connectivity index (χ1v) is 8.50. The van der Waals surface area contributed by atoms with Gasteiger partial charge < -0.3 is 16.4 Å². The van der Waals surface area contributed by atoms with Gasteiger partial charge in [-0.2, -0.15) is 0 Å². The number of nitrogens with one attached hydrogen (secondary N) is 2. The van der Waals surface area contributed by atoms with Crippen LogP contribution in [0.5, 0.6) is 0 Å². The fraction of sp³-hybridized carbons (Fsp3) is 0.556. The molecular weight excluding hydrogens is 326 g/mol. The van der Waals surface area contributed by atoms with Crippen molar-refractivity contribution in [1.82, 2.24) is 10.6 Å². The highest BCUT2D eigenvalue weighted by atomic mass is 35.5. The van der Waals surface area contributed by atoms with Crippen LogP contribution >= 0.6 is 12.4 Å². The number of carbonyl (C=O) groups is 2. The number of rotatable bonds is 7. The fourth-order valence-corrected chi connectivity index (χ4v) is 3.15. The third-order valence-corrected chi connectivity index (χ3v) is 4.49. The van der Waals surface area contributed by atoms with Crippen LogP contribution in [-0.4, -0.2) is 24.9 Å². The number of hydrogen-bond acceptors (Lipinski definition) is 3. The summed E-state index contributed by atoms with van der Waals surface area (Å²) in [7, 11) is 0. The van der Waals surface area contributed by atoms with Crippen molar-refractivity contribution in [2.24, 2.45) is 17.6 Å². The van der Waals surface area contributed by atoms with E-state index < -0.39 is 0 Å². The first-order valence-electron chi connectivity index (χ1n) is 8.50. The molecule has 6 heteroatoms. The van der Waals surface area contributed by atoms with E-state index in [1.807, 2.05) is 25.1 Å². The van der Waals surface area contributed by atoms with E-state index in [9.17, 15) is 9.59 Å². The Balaban J connectivity index is 0.00000288. The Morgan fingerprint density at radius 1 is 1.25 bits per heavy atom. The van der Waals surface area contributed by atoms with Crippen LogP contribution in [-0.2, 0) is 11.3 Å². The van der Waals surface area contributed by atoms with E-state index in [-0.39, 0.29) is 30.1 Å². The van der Waals surface area contributed by atoms with Crippen molar-refractivity contribution in [3.05, 3.63) is 35.4 Å². The van der Waals surface area contributed by atoms with Crippen LogP contribution in [0.4, 0.5) is 0 Å². The second-order valence-electron chi connectivity index (χ2n) is 6.21. The van der Waals surface area contributed by atoms with Crippen LogP contribution in [0.1, 0.15) is 48.5 Å². The normalized spacial score (nSPS) is 19.4. The lowest BCUT2D eigenvalue weighted by Gasteiger charge is -2.17. The molecule has 1 aromatic carbocycles. The van der Waals surface area contributed by atoms with Gasteiger partial charge in [-0.15, -0.1) is 12.4 Å². The van der Waals surface area contributed by atoms with E-state index in [1.54, 1.807) is 6.07 Å². The molecule has 134 valence electrons. The quantitative estimate of drug-likeness (QED) is 0.702. The summed E-state index contributed by atoms with van der Waals surface area (Å²) in [5.41, 5.74) is 7.30. The lowest BCUT2D eigenvalue weighted by Crippen LogP contribution is -2.34. The van der Waals surface area contributed by atoms with Gasteiger partial charge in [0.05, 0.1) is 0 Å². The zero-order chi connectivity index (χ0) is 16.7. The van der Waals surface area contributed by atoms with Crippen molar-refractivity contribution in [3.8, 4) is 0 Å². The van der Waals surface area contributed by atoms with Crippen molar-refractivity contribution < 1.29 is 9.59 Å². The first-order chi connectivity index (χ1) is 11.2. The molecule has 1 fully saturated rings. The molecule has 2 amide bonds. The Bertz CT molecular complexity index is 551. The highest BCUT2D eigenvalue weighted by Crippen LogP contribution is 2.30. The average molecular weight is 354 g/mol. The van der Waals surface area contributed by atoms with Crippen LogP contribution in [0.3, 0.4) is 0 Å². The van der Waals surface area contributed by atoms with Gasteiger partial charge in [-0.25, -0.2) is 0 Å². The molecule has 1 aliphatic rings. The van der Waals surface area contributed by atoms with Gasteiger partial charge in [-0.05, 0) is 49.4 Å². The van der Waals surface area contributed by atoms with Gasteiger partial charge >= 0.3 is 0 Å². The van der Waals surface area contributed by atoms with E-state index in [0.717, 1.165) is 31.2 Å². The topological polar surface area (TPSA) is 84.2 Å². The fourth-order valence-electron chi connectivity index (χ4n) is 3.15. The Labute approximate surface area is 150 Å². The molecule has 4 N–H and O–H groups in total. The molecule has 1 saturated carbocycles. The summed E-state index contributed by atoms with van der Waals surface area (Å²) in [5, 5.41) is 5.85. The van der Waals surface area contributed by atoms with Crippen LogP contribution < -0.4 is 16.4 Å². The summed E-state index contributed by atoms with van der Waals surface area (Å²) >= 11 is 0. The Morgan fingerprint density at radius 2 is 2.04 bits per heavy atom. The van der Waals surface area contributed by atoms with Crippen molar-refractivity contribution in [2.45, 2.75) is 39.2 Å². The molecule has 0 aliphatic heterocycles. The highest BCUT2D eigenvalue weighted by molar-refractivity contribution is 5.94. The van der Waals surface area contributed by atoms with E-state index in [4.69, 9.17) is 5.73 Å². The number of hydrogen-bond donors (Lipinski definition) is 3.